The second-order valence-electron chi connectivity index (χ2n) is 7.04. The molecular formula is C20H25N3. The molecule has 3 heteroatoms. The second kappa shape index (κ2) is 5.80. The fourth-order valence-corrected chi connectivity index (χ4v) is 3.39. The first-order valence-corrected chi connectivity index (χ1v) is 8.25. The van der Waals surface area contributed by atoms with E-state index in [1.165, 1.54) is 16.7 Å². The van der Waals surface area contributed by atoms with Crippen molar-refractivity contribution in [1.82, 2.24) is 4.98 Å². The van der Waals surface area contributed by atoms with Gasteiger partial charge in [0.2, 0.25) is 0 Å². The smallest absolute Gasteiger partial charge is 0.0980 e. The SMILES string of the molecule is Cc1ccccc1C1(C)C=Nc2c(CC(C)C)cncc2N1C. The number of hydrogen-bond donors (Lipinski definition) is 0. The molecule has 0 fully saturated rings. The summed E-state index contributed by atoms with van der Waals surface area (Å²) in [4.78, 5) is 11.6. The highest BCUT2D eigenvalue weighted by molar-refractivity contribution is 5.89. The molecule has 0 saturated carbocycles. The Kier molecular flexibility index (Phi) is 3.97. The summed E-state index contributed by atoms with van der Waals surface area (Å²) in [5.41, 5.74) is 5.72. The fourth-order valence-electron chi connectivity index (χ4n) is 3.39. The number of aliphatic imine (C=N–C) groups is 1. The molecule has 2 heterocycles. The van der Waals surface area contributed by atoms with Crippen molar-refractivity contribution in [3.63, 3.8) is 0 Å². The number of fused-ring (bicyclic) bond motifs is 1. The van der Waals surface area contributed by atoms with E-state index >= 15 is 0 Å². The number of hydrogen-bond acceptors (Lipinski definition) is 3. The zero-order chi connectivity index (χ0) is 16.6. The first kappa shape index (κ1) is 15.7. The summed E-state index contributed by atoms with van der Waals surface area (Å²) in [7, 11) is 2.14. The van der Waals surface area contributed by atoms with Gasteiger partial charge in [-0.1, -0.05) is 38.1 Å². The quantitative estimate of drug-likeness (QED) is 0.825. The average Bonchev–Trinajstić information content (AvgIpc) is 2.51. The summed E-state index contributed by atoms with van der Waals surface area (Å²) in [6.45, 7) is 8.84. The van der Waals surface area contributed by atoms with Crippen molar-refractivity contribution in [2.45, 2.75) is 39.7 Å². The Morgan fingerprint density at radius 2 is 1.91 bits per heavy atom. The van der Waals surface area contributed by atoms with Crippen LogP contribution < -0.4 is 4.90 Å². The van der Waals surface area contributed by atoms with Crippen LogP contribution in [0.5, 0.6) is 0 Å². The number of aromatic nitrogens is 1. The fraction of sp³-hybridized carbons (Fsp3) is 0.400. The summed E-state index contributed by atoms with van der Waals surface area (Å²) < 4.78 is 0. The van der Waals surface area contributed by atoms with E-state index in [2.05, 4.69) is 75.1 Å². The Hall–Kier alpha value is -2.16. The van der Waals surface area contributed by atoms with E-state index in [4.69, 9.17) is 4.99 Å². The maximum absolute atomic E-state index is 4.86. The molecule has 1 aliphatic rings. The summed E-state index contributed by atoms with van der Waals surface area (Å²) in [6.07, 6.45) is 6.98. The van der Waals surface area contributed by atoms with Crippen LogP contribution in [0.3, 0.4) is 0 Å². The minimum absolute atomic E-state index is 0.253. The van der Waals surface area contributed by atoms with Gasteiger partial charge in [0, 0.05) is 19.5 Å². The number of anilines is 1. The van der Waals surface area contributed by atoms with Gasteiger partial charge in [-0.2, -0.15) is 0 Å². The molecule has 1 aromatic heterocycles. The van der Waals surface area contributed by atoms with Crippen molar-refractivity contribution in [3.05, 3.63) is 53.3 Å². The second-order valence-corrected chi connectivity index (χ2v) is 7.04. The molecule has 0 spiro atoms. The van der Waals surface area contributed by atoms with Gasteiger partial charge in [0.1, 0.15) is 0 Å². The highest BCUT2D eigenvalue weighted by atomic mass is 15.2. The van der Waals surface area contributed by atoms with Crippen LogP contribution in [-0.4, -0.2) is 18.2 Å². The third-order valence-electron chi connectivity index (χ3n) is 4.80. The van der Waals surface area contributed by atoms with Crippen molar-refractivity contribution < 1.29 is 0 Å². The van der Waals surface area contributed by atoms with Crippen LogP contribution in [0.4, 0.5) is 11.4 Å². The highest BCUT2D eigenvalue weighted by Crippen LogP contribution is 2.42. The molecule has 0 bridgehead atoms. The summed E-state index contributed by atoms with van der Waals surface area (Å²) >= 11 is 0. The predicted octanol–water partition coefficient (Wildman–Crippen LogP) is 4.66. The normalized spacial score (nSPS) is 20.0. The van der Waals surface area contributed by atoms with Crippen LogP contribution in [0.1, 0.15) is 37.5 Å². The lowest BCUT2D eigenvalue weighted by atomic mass is 9.86. The number of rotatable bonds is 3. The van der Waals surface area contributed by atoms with E-state index in [0.29, 0.717) is 5.92 Å². The monoisotopic (exact) mass is 307 g/mol. The maximum Gasteiger partial charge on any atom is 0.0980 e. The van der Waals surface area contributed by atoms with Crippen LogP contribution >= 0.6 is 0 Å². The van der Waals surface area contributed by atoms with Crippen LogP contribution in [0, 0.1) is 12.8 Å². The van der Waals surface area contributed by atoms with E-state index < -0.39 is 0 Å². The molecule has 0 radical (unpaired) electrons. The molecule has 1 aliphatic heterocycles. The van der Waals surface area contributed by atoms with Gasteiger partial charge in [-0.05, 0) is 42.9 Å². The lowest BCUT2D eigenvalue weighted by Crippen LogP contribution is -2.45. The third-order valence-corrected chi connectivity index (χ3v) is 4.80. The summed E-state index contributed by atoms with van der Waals surface area (Å²) in [5.74, 6) is 0.591. The van der Waals surface area contributed by atoms with Crippen molar-refractivity contribution >= 4 is 17.6 Å². The van der Waals surface area contributed by atoms with Crippen molar-refractivity contribution in [2.75, 3.05) is 11.9 Å². The zero-order valence-corrected chi connectivity index (χ0v) is 14.7. The molecule has 1 aromatic carbocycles. The van der Waals surface area contributed by atoms with Gasteiger partial charge in [-0.15, -0.1) is 0 Å². The molecule has 0 aliphatic carbocycles. The lowest BCUT2D eigenvalue weighted by Gasteiger charge is -2.42. The van der Waals surface area contributed by atoms with Crippen LogP contribution in [-0.2, 0) is 12.0 Å². The maximum atomic E-state index is 4.86. The molecule has 3 nitrogen and oxygen atoms in total. The first-order valence-electron chi connectivity index (χ1n) is 8.25. The molecule has 1 unspecified atom stereocenters. The largest absolute Gasteiger partial charge is 0.357 e. The highest BCUT2D eigenvalue weighted by Gasteiger charge is 2.35. The molecule has 3 rings (SSSR count). The predicted molar refractivity (Wildman–Crippen MR) is 97.9 cm³/mol. The van der Waals surface area contributed by atoms with Gasteiger partial charge < -0.3 is 4.90 Å². The van der Waals surface area contributed by atoms with Gasteiger partial charge in [0.15, 0.2) is 0 Å². The first-order chi connectivity index (χ1) is 10.9. The van der Waals surface area contributed by atoms with Crippen molar-refractivity contribution in [1.29, 1.82) is 0 Å². The van der Waals surface area contributed by atoms with Crippen LogP contribution in [0.15, 0.2) is 41.7 Å². The van der Waals surface area contributed by atoms with E-state index in [-0.39, 0.29) is 5.54 Å². The van der Waals surface area contributed by atoms with Crippen molar-refractivity contribution in [3.8, 4) is 0 Å². The Morgan fingerprint density at radius 3 is 2.61 bits per heavy atom. The zero-order valence-electron chi connectivity index (χ0n) is 14.7. The average molecular weight is 307 g/mol. The Balaban J connectivity index is 2.10. The number of nitrogens with zero attached hydrogens (tertiary/aromatic N) is 3. The molecule has 0 amide bonds. The molecule has 23 heavy (non-hydrogen) atoms. The van der Waals surface area contributed by atoms with Gasteiger partial charge in [0.05, 0.1) is 23.1 Å². The summed E-state index contributed by atoms with van der Waals surface area (Å²) in [6, 6.07) is 8.52. The minimum atomic E-state index is -0.253. The van der Waals surface area contributed by atoms with Gasteiger partial charge in [-0.3, -0.25) is 9.98 Å². The third kappa shape index (κ3) is 2.65. The molecule has 0 saturated heterocycles. The van der Waals surface area contributed by atoms with Gasteiger partial charge >= 0.3 is 0 Å². The molecule has 0 N–H and O–H groups in total. The van der Waals surface area contributed by atoms with Gasteiger partial charge in [0.25, 0.3) is 0 Å². The standard InChI is InChI=1S/C20H25N3/c1-14(2)10-16-11-21-12-18-19(16)22-13-20(4,23(18)5)17-9-7-6-8-15(17)3/h6-9,11-14H,10H2,1-5H3. The van der Waals surface area contributed by atoms with E-state index in [9.17, 15) is 0 Å². The number of benzene rings is 1. The Labute approximate surface area is 139 Å². The van der Waals surface area contributed by atoms with E-state index in [1.54, 1.807) is 0 Å². The topological polar surface area (TPSA) is 28.5 Å². The number of pyridine rings is 1. The number of aryl methyl sites for hydroxylation is 1. The molecule has 120 valence electrons. The molecular weight excluding hydrogens is 282 g/mol. The Bertz CT molecular complexity index is 748. The summed E-state index contributed by atoms with van der Waals surface area (Å²) in [5, 5.41) is 0. The Morgan fingerprint density at radius 1 is 1.17 bits per heavy atom. The van der Waals surface area contributed by atoms with Crippen LogP contribution in [0.25, 0.3) is 0 Å². The van der Waals surface area contributed by atoms with E-state index in [0.717, 1.165) is 17.8 Å². The van der Waals surface area contributed by atoms with Crippen LogP contribution in [0.2, 0.25) is 0 Å². The minimum Gasteiger partial charge on any atom is -0.357 e. The van der Waals surface area contributed by atoms with Crippen molar-refractivity contribution in [2.24, 2.45) is 10.9 Å². The molecule has 2 aromatic rings. The molecule has 1 atom stereocenters. The van der Waals surface area contributed by atoms with E-state index in [1.807, 2.05) is 12.4 Å². The lowest BCUT2D eigenvalue weighted by molar-refractivity contribution is 0.616. The van der Waals surface area contributed by atoms with Gasteiger partial charge in [-0.25, -0.2) is 0 Å².